The second-order valence-corrected chi connectivity index (χ2v) is 6.63. The van der Waals surface area contributed by atoms with E-state index in [9.17, 15) is 14.0 Å². The Morgan fingerprint density at radius 1 is 1.50 bits per heavy atom. The molecule has 3 heterocycles. The van der Waals surface area contributed by atoms with Crippen molar-refractivity contribution in [3.8, 4) is 10.7 Å². The van der Waals surface area contributed by atoms with E-state index >= 15 is 0 Å². The van der Waals surface area contributed by atoms with Gasteiger partial charge in [0.2, 0.25) is 23.3 Å². The number of aliphatic carboxylic acids is 1. The van der Waals surface area contributed by atoms with E-state index in [1.165, 1.54) is 16.2 Å². The third-order valence-corrected chi connectivity index (χ3v) is 4.81. The number of hydrogen-bond acceptors (Lipinski definition) is 6. The highest BCUT2D eigenvalue weighted by atomic mass is 32.1. The number of rotatable bonds is 6. The number of alkyl halides is 1. The fourth-order valence-corrected chi connectivity index (χ4v) is 3.22. The molecule has 0 saturated carbocycles. The third kappa shape index (κ3) is 3.45. The van der Waals surface area contributed by atoms with Gasteiger partial charge in [-0.15, -0.1) is 11.3 Å². The Labute approximate surface area is 141 Å². The summed E-state index contributed by atoms with van der Waals surface area (Å²) in [7, 11) is 0. The summed E-state index contributed by atoms with van der Waals surface area (Å²) in [6.45, 7) is -0.255. The fraction of sp³-hybridized carbons (Fsp3) is 0.467. The highest BCUT2D eigenvalue weighted by Crippen LogP contribution is 2.26. The molecule has 0 bridgehead atoms. The molecule has 24 heavy (non-hydrogen) atoms. The summed E-state index contributed by atoms with van der Waals surface area (Å²) in [5.41, 5.74) is -2.32. The van der Waals surface area contributed by atoms with Crippen LogP contribution in [-0.2, 0) is 16.0 Å². The molecule has 0 aromatic carbocycles. The molecular formula is C15H16FN3O4S. The Hall–Kier alpha value is -2.29. The molecular weight excluding hydrogens is 337 g/mol. The van der Waals surface area contributed by atoms with E-state index in [1.807, 2.05) is 17.5 Å². The van der Waals surface area contributed by atoms with E-state index in [0.717, 1.165) is 4.88 Å². The van der Waals surface area contributed by atoms with Crippen LogP contribution in [0.5, 0.6) is 0 Å². The summed E-state index contributed by atoms with van der Waals surface area (Å²) in [6, 6.07) is 3.79. The van der Waals surface area contributed by atoms with Crippen LogP contribution in [-0.4, -0.2) is 50.8 Å². The molecule has 3 rings (SSSR count). The summed E-state index contributed by atoms with van der Waals surface area (Å²) < 4.78 is 19.1. The zero-order valence-corrected chi connectivity index (χ0v) is 13.6. The Morgan fingerprint density at radius 2 is 2.33 bits per heavy atom. The van der Waals surface area contributed by atoms with Gasteiger partial charge in [-0.1, -0.05) is 11.2 Å². The standard InChI is InChI=1S/C15H16FN3O4S/c16-15(14(21)22)6-7-19(9-15)12(20)5-1-4-11-17-13(18-23-11)10-3-2-8-24-10/h2-3,8H,1,4-7,9H2,(H,21,22). The van der Waals surface area contributed by atoms with Crippen LogP contribution in [0.25, 0.3) is 10.7 Å². The zero-order chi connectivity index (χ0) is 17.2. The van der Waals surface area contributed by atoms with Gasteiger partial charge in [0, 0.05) is 25.8 Å². The number of thiophene rings is 1. The first-order chi connectivity index (χ1) is 11.5. The van der Waals surface area contributed by atoms with Gasteiger partial charge in [0.25, 0.3) is 0 Å². The molecule has 0 aliphatic carbocycles. The number of aryl methyl sites for hydroxylation is 1. The van der Waals surface area contributed by atoms with Crippen LogP contribution >= 0.6 is 11.3 Å². The van der Waals surface area contributed by atoms with Crippen molar-refractivity contribution in [1.82, 2.24) is 15.0 Å². The number of likely N-dealkylation sites (tertiary alicyclic amines) is 1. The fourth-order valence-electron chi connectivity index (χ4n) is 2.57. The second kappa shape index (κ2) is 6.68. The van der Waals surface area contributed by atoms with Gasteiger partial charge >= 0.3 is 5.97 Å². The first kappa shape index (κ1) is 16.6. The maximum Gasteiger partial charge on any atom is 0.343 e. The normalized spacial score (nSPS) is 20.5. The van der Waals surface area contributed by atoms with Crippen LogP contribution < -0.4 is 0 Å². The Bertz CT molecular complexity index is 733. The van der Waals surface area contributed by atoms with Crippen LogP contribution in [0.15, 0.2) is 22.0 Å². The minimum Gasteiger partial charge on any atom is -0.479 e. The lowest BCUT2D eigenvalue weighted by Gasteiger charge is -2.17. The summed E-state index contributed by atoms with van der Waals surface area (Å²) in [4.78, 5) is 29.3. The largest absolute Gasteiger partial charge is 0.479 e. The number of nitrogens with zero attached hydrogens (tertiary/aromatic N) is 3. The Balaban J connectivity index is 1.47. The lowest BCUT2D eigenvalue weighted by molar-refractivity contribution is -0.150. The minimum atomic E-state index is -2.32. The SMILES string of the molecule is O=C(CCCc1nc(-c2cccs2)no1)N1CCC(F)(C(=O)O)C1. The Morgan fingerprint density at radius 3 is 3.00 bits per heavy atom. The average Bonchev–Trinajstić information content (AvgIpc) is 3.27. The van der Waals surface area contributed by atoms with Crippen molar-refractivity contribution in [2.45, 2.75) is 31.4 Å². The molecule has 2 aromatic heterocycles. The van der Waals surface area contributed by atoms with Crippen molar-refractivity contribution in [1.29, 1.82) is 0 Å². The topological polar surface area (TPSA) is 96.5 Å². The molecule has 7 nitrogen and oxygen atoms in total. The monoisotopic (exact) mass is 353 g/mol. The predicted octanol–water partition coefficient (Wildman–Crippen LogP) is 2.15. The van der Waals surface area contributed by atoms with E-state index in [1.54, 1.807) is 0 Å². The molecule has 9 heteroatoms. The van der Waals surface area contributed by atoms with Gasteiger partial charge < -0.3 is 14.5 Å². The highest BCUT2D eigenvalue weighted by molar-refractivity contribution is 7.13. The molecule has 1 N–H and O–H groups in total. The van der Waals surface area contributed by atoms with Gasteiger partial charge in [0.05, 0.1) is 11.4 Å². The molecule has 1 aliphatic heterocycles. The molecule has 1 saturated heterocycles. The third-order valence-electron chi connectivity index (χ3n) is 3.95. The summed E-state index contributed by atoms with van der Waals surface area (Å²) in [5.74, 6) is -0.800. The number of aromatic nitrogens is 2. The second-order valence-electron chi connectivity index (χ2n) is 5.68. The zero-order valence-electron chi connectivity index (χ0n) is 12.8. The van der Waals surface area contributed by atoms with Crippen molar-refractivity contribution in [3.05, 3.63) is 23.4 Å². The van der Waals surface area contributed by atoms with Crippen molar-refractivity contribution < 1.29 is 23.6 Å². The van der Waals surface area contributed by atoms with E-state index in [-0.39, 0.29) is 31.8 Å². The van der Waals surface area contributed by atoms with Crippen LogP contribution in [0.3, 0.4) is 0 Å². The van der Waals surface area contributed by atoms with Crippen LogP contribution in [0.2, 0.25) is 0 Å². The molecule has 0 spiro atoms. The smallest absolute Gasteiger partial charge is 0.343 e. The van der Waals surface area contributed by atoms with Gasteiger partial charge in [-0.05, 0) is 17.9 Å². The van der Waals surface area contributed by atoms with E-state index < -0.39 is 11.6 Å². The maximum absolute atomic E-state index is 13.9. The number of carbonyl (C=O) groups is 2. The predicted molar refractivity (Wildman–Crippen MR) is 83.2 cm³/mol. The van der Waals surface area contributed by atoms with Gasteiger partial charge in [0.15, 0.2) is 0 Å². The minimum absolute atomic E-state index is 0.130. The molecule has 1 fully saturated rings. The van der Waals surface area contributed by atoms with Crippen molar-refractivity contribution in [3.63, 3.8) is 0 Å². The number of amides is 1. The summed E-state index contributed by atoms with van der Waals surface area (Å²) >= 11 is 1.51. The first-order valence-corrected chi connectivity index (χ1v) is 8.42. The first-order valence-electron chi connectivity index (χ1n) is 7.54. The number of carboxylic acid groups (broad SMARTS) is 1. The molecule has 0 radical (unpaired) electrons. The molecule has 1 unspecified atom stereocenters. The van der Waals surface area contributed by atoms with Crippen molar-refractivity contribution in [2.75, 3.05) is 13.1 Å². The maximum atomic E-state index is 13.9. The molecule has 1 aliphatic rings. The van der Waals surface area contributed by atoms with Crippen molar-refractivity contribution in [2.24, 2.45) is 0 Å². The van der Waals surface area contributed by atoms with Gasteiger partial charge in [0.1, 0.15) is 0 Å². The molecule has 1 amide bonds. The summed E-state index contributed by atoms with van der Waals surface area (Å²) in [6.07, 6.45) is 0.944. The number of halogens is 1. The number of carbonyl (C=O) groups excluding carboxylic acids is 1. The van der Waals surface area contributed by atoms with Crippen LogP contribution in [0.4, 0.5) is 4.39 Å². The van der Waals surface area contributed by atoms with E-state index in [2.05, 4.69) is 10.1 Å². The lowest BCUT2D eigenvalue weighted by atomic mass is 10.1. The average molecular weight is 353 g/mol. The highest BCUT2D eigenvalue weighted by Gasteiger charge is 2.46. The van der Waals surface area contributed by atoms with E-state index in [0.29, 0.717) is 24.6 Å². The number of hydrogen-bond donors (Lipinski definition) is 1. The summed E-state index contributed by atoms with van der Waals surface area (Å²) in [5, 5.41) is 14.6. The van der Waals surface area contributed by atoms with E-state index in [4.69, 9.17) is 9.63 Å². The number of carboxylic acids is 1. The van der Waals surface area contributed by atoms with Gasteiger partial charge in [-0.3, -0.25) is 4.79 Å². The van der Waals surface area contributed by atoms with Crippen molar-refractivity contribution >= 4 is 23.2 Å². The lowest BCUT2D eigenvalue weighted by Crippen LogP contribution is -2.38. The van der Waals surface area contributed by atoms with Crippen LogP contribution in [0, 0.1) is 0 Å². The molecule has 128 valence electrons. The molecule has 1 atom stereocenters. The Kier molecular flexibility index (Phi) is 4.61. The quantitative estimate of drug-likeness (QED) is 0.855. The van der Waals surface area contributed by atoms with Gasteiger partial charge in [-0.25, -0.2) is 9.18 Å². The molecule has 2 aromatic rings. The van der Waals surface area contributed by atoms with Crippen LogP contribution in [0.1, 0.15) is 25.2 Å². The van der Waals surface area contributed by atoms with Gasteiger partial charge in [-0.2, -0.15) is 4.98 Å².